The van der Waals surface area contributed by atoms with E-state index < -0.39 is 0 Å². The lowest BCUT2D eigenvalue weighted by atomic mass is 9.84. The van der Waals surface area contributed by atoms with E-state index in [4.69, 9.17) is 0 Å². The summed E-state index contributed by atoms with van der Waals surface area (Å²) in [6, 6.07) is 28.0. The molecule has 0 heteroatoms. The van der Waals surface area contributed by atoms with E-state index in [1.807, 2.05) is 0 Å². The lowest BCUT2D eigenvalue weighted by Gasteiger charge is -2.20. The van der Waals surface area contributed by atoms with Crippen LogP contribution in [-0.2, 0) is 12.8 Å². The van der Waals surface area contributed by atoms with Gasteiger partial charge < -0.3 is 0 Å². The van der Waals surface area contributed by atoms with Crippen LogP contribution in [0.4, 0.5) is 0 Å². The Balaban J connectivity index is 1.66. The number of hydrogen-bond acceptors (Lipinski definition) is 0. The molecular weight excluding hydrogens is 288 g/mol. The highest BCUT2D eigenvalue weighted by atomic mass is 14.2. The summed E-state index contributed by atoms with van der Waals surface area (Å²) in [5.74, 6) is 0. The summed E-state index contributed by atoms with van der Waals surface area (Å²) in [5.41, 5.74) is 9.13. The first-order chi connectivity index (χ1) is 11.8. The van der Waals surface area contributed by atoms with E-state index in [2.05, 4.69) is 91.5 Å². The van der Waals surface area contributed by atoms with Crippen LogP contribution >= 0.6 is 0 Å². The molecule has 1 aliphatic carbocycles. The van der Waals surface area contributed by atoms with Crippen LogP contribution in [0.1, 0.15) is 27.8 Å². The Kier molecular flexibility index (Phi) is 3.88. The van der Waals surface area contributed by atoms with Gasteiger partial charge in [-0.15, -0.1) is 0 Å². The van der Waals surface area contributed by atoms with Crippen LogP contribution in [0, 0.1) is 0 Å². The molecule has 0 aromatic heterocycles. The van der Waals surface area contributed by atoms with E-state index in [1.54, 1.807) is 0 Å². The van der Waals surface area contributed by atoms with Crippen molar-refractivity contribution in [3.63, 3.8) is 0 Å². The van der Waals surface area contributed by atoms with Crippen LogP contribution < -0.4 is 0 Å². The molecule has 3 aromatic rings. The standard InChI is InChI=1S/C24H20/c1-18-14-23-16-20(15-19-8-4-2-5-9-19)12-13-22(23)17-24(18)21-10-6-3-7-11-21/h2-13,16-17H,1,14-15H2. The second-order valence-electron chi connectivity index (χ2n) is 6.40. The first-order valence-corrected chi connectivity index (χ1v) is 8.40. The van der Waals surface area contributed by atoms with Crippen LogP contribution in [0.2, 0.25) is 0 Å². The molecule has 0 spiro atoms. The Labute approximate surface area is 143 Å². The average Bonchev–Trinajstić information content (AvgIpc) is 2.63. The number of hydrogen-bond donors (Lipinski definition) is 0. The molecule has 0 saturated carbocycles. The molecule has 0 bridgehead atoms. The van der Waals surface area contributed by atoms with E-state index in [9.17, 15) is 0 Å². The van der Waals surface area contributed by atoms with Crippen molar-refractivity contribution < 1.29 is 0 Å². The summed E-state index contributed by atoms with van der Waals surface area (Å²) in [6.45, 7) is 4.32. The molecule has 0 heterocycles. The highest BCUT2D eigenvalue weighted by Crippen LogP contribution is 2.34. The smallest absolute Gasteiger partial charge is 0.00194 e. The summed E-state index contributed by atoms with van der Waals surface area (Å²) >= 11 is 0. The van der Waals surface area contributed by atoms with Crippen molar-refractivity contribution in [2.75, 3.05) is 0 Å². The highest BCUT2D eigenvalue weighted by Gasteiger charge is 2.15. The predicted octanol–water partition coefficient (Wildman–Crippen LogP) is 5.93. The van der Waals surface area contributed by atoms with E-state index in [0.29, 0.717) is 0 Å². The number of allylic oxidation sites excluding steroid dienone is 2. The number of rotatable bonds is 3. The largest absolute Gasteiger partial charge is 0.0949 e. The lowest BCUT2D eigenvalue weighted by Crippen LogP contribution is -2.03. The first-order valence-electron chi connectivity index (χ1n) is 8.40. The van der Waals surface area contributed by atoms with Crippen molar-refractivity contribution in [1.82, 2.24) is 0 Å². The fourth-order valence-electron chi connectivity index (χ4n) is 3.38. The zero-order valence-electron chi connectivity index (χ0n) is 13.7. The van der Waals surface area contributed by atoms with Crippen LogP contribution in [0.25, 0.3) is 11.6 Å². The lowest BCUT2D eigenvalue weighted by molar-refractivity contribution is 1.13. The van der Waals surface area contributed by atoms with E-state index in [0.717, 1.165) is 12.8 Å². The van der Waals surface area contributed by atoms with Crippen LogP contribution in [0.5, 0.6) is 0 Å². The van der Waals surface area contributed by atoms with Gasteiger partial charge in [-0.2, -0.15) is 0 Å². The molecule has 4 rings (SSSR count). The predicted molar refractivity (Wildman–Crippen MR) is 103 cm³/mol. The van der Waals surface area contributed by atoms with Crippen molar-refractivity contribution in [3.05, 3.63) is 119 Å². The maximum absolute atomic E-state index is 4.32. The van der Waals surface area contributed by atoms with Gasteiger partial charge in [0.2, 0.25) is 0 Å². The Hall–Kier alpha value is -2.86. The third kappa shape index (κ3) is 2.96. The summed E-state index contributed by atoms with van der Waals surface area (Å²) in [7, 11) is 0. The molecule has 0 aliphatic heterocycles. The van der Waals surface area contributed by atoms with Gasteiger partial charge in [-0.25, -0.2) is 0 Å². The molecule has 0 unspecified atom stereocenters. The minimum atomic E-state index is 0.929. The maximum Gasteiger partial charge on any atom is -0.00194 e. The Morgan fingerprint density at radius 2 is 1.46 bits per heavy atom. The van der Waals surface area contributed by atoms with Crippen molar-refractivity contribution in [3.8, 4) is 0 Å². The van der Waals surface area contributed by atoms with Crippen LogP contribution in [0.15, 0.2) is 91.0 Å². The summed E-state index contributed by atoms with van der Waals surface area (Å²) in [6.07, 6.45) is 4.19. The Bertz CT molecular complexity index is 899. The molecule has 0 radical (unpaired) electrons. The van der Waals surface area contributed by atoms with Crippen molar-refractivity contribution >= 4 is 11.6 Å². The zero-order valence-corrected chi connectivity index (χ0v) is 13.7. The molecule has 1 aliphatic rings. The van der Waals surface area contributed by atoms with Gasteiger partial charge in [0.25, 0.3) is 0 Å². The fraction of sp³-hybridized carbons (Fsp3) is 0.0833. The molecular formula is C24H20. The van der Waals surface area contributed by atoms with Gasteiger partial charge in [-0.3, -0.25) is 0 Å². The third-order valence-electron chi connectivity index (χ3n) is 4.63. The molecule has 0 saturated heterocycles. The molecule has 0 N–H and O–H groups in total. The summed E-state index contributed by atoms with van der Waals surface area (Å²) in [5, 5.41) is 0. The monoisotopic (exact) mass is 308 g/mol. The fourth-order valence-corrected chi connectivity index (χ4v) is 3.38. The number of fused-ring (bicyclic) bond motifs is 1. The second-order valence-corrected chi connectivity index (χ2v) is 6.40. The molecule has 0 nitrogen and oxygen atoms in total. The molecule has 116 valence electrons. The van der Waals surface area contributed by atoms with Gasteiger partial charge in [-0.05, 0) is 57.9 Å². The maximum atomic E-state index is 4.32. The number of benzene rings is 3. The summed E-state index contributed by atoms with van der Waals surface area (Å²) < 4.78 is 0. The zero-order chi connectivity index (χ0) is 16.4. The third-order valence-corrected chi connectivity index (χ3v) is 4.63. The topological polar surface area (TPSA) is 0 Å². The first kappa shape index (κ1) is 14.7. The Morgan fingerprint density at radius 1 is 0.750 bits per heavy atom. The van der Waals surface area contributed by atoms with Gasteiger partial charge in [-0.1, -0.05) is 85.4 Å². The quantitative estimate of drug-likeness (QED) is 0.562. The van der Waals surface area contributed by atoms with Crippen molar-refractivity contribution in [2.45, 2.75) is 12.8 Å². The van der Waals surface area contributed by atoms with Crippen molar-refractivity contribution in [2.24, 2.45) is 0 Å². The molecule has 0 atom stereocenters. The van der Waals surface area contributed by atoms with Gasteiger partial charge in [0.15, 0.2) is 0 Å². The molecule has 3 aromatic carbocycles. The van der Waals surface area contributed by atoms with Gasteiger partial charge >= 0.3 is 0 Å². The average molecular weight is 308 g/mol. The molecule has 0 fully saturated rings. The van der Waals surface area contributed by atoms with E-state index >= 15 is 0 Å². The van der Waals surface area contributed by atoms with Crippen molar-refractivity contribution in [1.29, 1.82) is 0 Å². The molecule has 0 amide bonds. The van der Waals surface area contributed by atoms with Gasteiger partial charge in [0, 0.05) is 0 Å². The van der Waals surface area contributed by atoms with Crippen LogP contribution in [-0.4, -0.2) is 0 Å². The molecule has 24 heavy (non-hydrogen) atoms. The van der Waals surface area contributed by atoms with Gasteiger partial charge in [0.1, 0.15) is 0 Å². The summed E-state index contributed by atoms with van der Waals surface area (Å²) in [4.78, 5) is 0. The van der Waals surface area contributed by atoms with Gasteiger partial charge in [0.05, 0.1) is 0 Å². The minimum Gasteiger partial charge on any atom is -0.0949 e. The SMILES string of the molecule is C=C1Cc2cc(Cc3ccccc3)ccc2C=C1c1ccccc1. The Morgan fingerprint density at radius 3 is 2.21 bits per heavy atom. The normalized spacial score (nSPS) is 13.3. The minimum absolute atomic E-state index is 0.929. The highest BCUT2D eigenvalue weighted by molar-refractivity contribution is 5.93. The van der Waals surface area contributed by atoms with E-state index in [-0.39, 0.29) is 0 Å². The second kappa shape index (κ2) is 6.33. The van der Waals surface area contributed by atoms with E-state index in [1.165, 1.54) is 39.0 Å². The van der Waals surface area contributed by atoms with Crippen LogP contribution in [0.3, 0.4) is 0 Å².